The number of nitrogens with zero attached hydrogens (tertiary/aromatic N) is 2. The number of benzene rings is 2. The van der Waals surface area contributed by atoms with Gasteiger partial charge in [-0.05, 0) is 40.5 Å². The van der Waals surface area contributed by atoms with Crippen LogP contribution in [0.5, 0.6) is 0 Å². The molecule has 0 N–H and O–H groups in total. The molecule has 0 amide bonds. The second-order valence-electron chi connectivity index (χ2n) is 7.48. The van der Waals surface area contributed by atoms with Gasteiger partial charge in [0.05, 0.1) is 28.5 Å². The van der Waals surface area contributed by atoms with Gasteiger partial charge in [0, 0.05) is 11.6 Å². The van der Waals surface area contributed by atoms with E-state index >= 15 is 0 Å². The Morgan fingerprint density at radius 1 is 1.12 bits per heavy atom. The number of furan rings is 1. The molecule has 6 nitrogen and oxygen atoms in total. The summed E-state index contributed by atoms with van der Waals surface area (Å²) in [5, 5.41) is 0. The highest BCUT2D eigenvalue weighted by Crippen LogP contribution is 2.35. The molecule has 5 rings (SSSR count). The summed E-state index contributed by atoms with van der Waals surface area (Å²) in [4.78, 5) is 32.2. The average Bonchev–Trinajstić information content (AvgIpc) is 3.41. The van der Waals surface area contributed by atoms with Crippen molar-refractivity contribution in [1.29, 1.82) is 0 Å². The van der Waals surface area contributed by atoms with Gasteiger partial charge in [-0.1, -0.05) is 72.0 Å². The molecule has 1 aliphatic rings. The molecule has 3 heterocycles. The fourth-order valence-corrected chi connectivity index (χ4v) is 5.23. The predicted octanol–water partition coefficient (Wildman–Crippen LogP) is 4.29. The van der Waals surface area contributed by atoms with Gasteiger partial charge in [0.25, 0.3) is 5.56 Å². The average molecular weight is 535 g/mol. The minimum Gasteiger partial charge on any atom is -0.463 e. The molecule has 1 atom stereocenters. The summed E-state index contributed by atoms with van der Waals surface area (Å²) in [7, 11) is 0. The Bertz CT molecular complexity index is 1570. The number of fused-ring (bicyclic) bond motifs is 1. The third-order valence-electron chi connectivity index (χ3n) is 5.36. The van der Waals surface area contributed by atoms with Gasteiger partial charge in [-0.25, -0.2) is 9.79 Å². The van der Waals surface area contributed by atoms with Crippen LogP contribution in [-0.4, -0.2) is 17.1 Å². The minimum absolute atomic E-state index is 0.212. The van der Waals surface area contributed by atoms with Crippen LogP contribution in [0.1, 0.15) is 29.9 Å². The summed E-state index contributed by atoms with van der Waals surface area (Å²) >= 11 is 4.55. The van der Waals surface area contributed by atoms with Gasteiger partial charge in [-0.3, -0.25) is 9.36 Å². The van der Waals surface area contributed by atoms with E-state index in [2.05, 4.69) is 15.9 Å². The highest BCUT2D eigenvalue weighted by molar-refractivity contribution is 9.10. The zero-order valence-electron chi connectivity index (χ0n) is 18.1. The van der Waals surface area contributed by atoms with Crippen LogP contribution in [0, 0.1) is 0 Å². The first-order valence-electron chi connectivity index (χ1n) is 10.7. The Hall–Kier alpha value is -3.49. The number of aromatic nitrogens is 1. The molecule has 2 aromatic heterocycles. The molecule has 0 spiro atoms. The van der Waals surface area contributed by atoms with Crippen molar-refractivity contribution >= 4 is 45.0 Å². The van der Waals surface area contributed by atoms with Gasteiger partial charge in [0.2, 0.25) is 0 Å². The van der Waals surface area contributed by atoms with Crippen LogP contribution in [0.3, 0.4) is 0 Å². The molecule has 4 aromatic rings. The first-order valence-corrected chi connectivity index (χ1v) is 12.3. The van der Waals surface area contributed by atoms with Crippen LogP contribution in [0.15, 0.2) is 97.2 Å². The zero-order chi connectivity index (χ0) is 23.7. The molecule has 34 heavy (non-hydrogen) atoms. The number of halogens is 1. The topological polar surface area (TPSA) is 73.8 Å². The molecule has 0 saturated heterocycles. The second kappa shape index (κ2) is 9.40. The van der Waals surface area contributed by atoms with Crippen LogP contribution in [0.2, 0.25) is 0 Å². The molecular weight excluding hydrogens is 516 g/mol. The van der Waals surface area contributed by atoms with Gasteiger partial charge in [0.15, 0.2) is 9.47 Å². The first-order chi connectivity index (χ1) is 16.6. The highest BCUT2D eigenvalue weighted by atomic mass is 79.9. The lowest BCUT2D eigenvalue weighted by atomic mass is 9.93. The van der Waals surface area contributed by atoms with Crippen molar-refractivity contribution in [3.8, 4) is 0 Å². The van der Waals surface area contributed by atoms with Crippen molar-refractivity contribution in [2.24, 2.45) is 4.99 Å². The number of hydrogen-bond acceptors (Lipinski definition) is 6. The number of carbonyl (C=O) groups is 1. The van der Waals surface area contributed by atoms with Gasteiger partial charge in [0.1, 0.15) is 5.76 Å². The Morgan fingerprint density at radius 2 is 1.82 bits per heavy atom. The van der Waals surface area contributed by atoms with Crippen molar-refractivity contribution < 1.29 is 13.9 Å². The van der Waals surface area contributed by atoms with Crippen LogP contribution in [0.25, 0.3) is 11.8 Å². The van der Waals surface area contributed by atoms with E-state index in [-0.39, 0.29) is 12.2 Å². The van der Waals surface area contributed by atoms with Crippen LogP contribution in [0.4, 0.5) is 0 Å². The molecule has 0 fully saturated rings. The SMILES string of the molecule is CCOC(=O)C1=C(c2ccccc2)N=c2s/c(=C\c3ccc(Br)o3)c(=O)n2[C@H]1c1ccccc1. The lowest BCUT2D eigenvalue weighted by molar-refractivity contribution is -0.138. The van der Waals surface area contributed by atoms with Crippen molar-refractivity contribution in [3.05, 3.63) is 120 Å². The molecule has 0 unspecified atom stereocenters. The van der Waals surface area contributed by atoms with Crippen molar-refractivity contribution in [2.45, 2.75) is 13.0 Å². The molecule has 0 saturated carbocycles. The molecule has 1 aliphatic heterocycles. The van der Waals surface area contributed by atoms with Crippen molar-refractivity contribution in [2.75, 3.05) is 6.61 Å². The molecule has 0 bridgehead atoms. The van der Waals surface area contributed by atoms with Crippen molar-refractivity contribution in [1.82, 2.24) is 4.57 Å². The maximum Gasteiger partial charge on any atom is 0.338 e. The molecule has 0 radical (unpaired) electrons. The molecule has 170 valence electrons. The van der Waals surface area contributed by atoms with E-state index in [1.165, 1.54) is 11.3 Å². The molecule has 8 heteroatoms. The monoisotopic (exact) mass is 534 g/mol. The first kappa shape index (κ1) is 22.3. The summed E-state index contributed by atoms with van der Waals surface area (Å²) in [6, 6.07) is 21.8. The smallest absolute Gasteiger partial charge is 0.338 e. The number of esters is 1. The third-order valence-corrected chi connectivity index (χ3v) is 6.77. The van der Waals surface area contributed by atoms with E-state index in [1.54, 1.807) is 29.7 Å². The number of thiazole rings is 1. The van der Waals surface area contributed by atoms with E-state index in [9.17, 15) is 9.59 Å². The van der Waals surface area contributed by atoms with Crippen molar-refractivity contribution in [3.63, 3.8) is 0 Å². The maximum absolute atomic E-state index is 13.6. The Balaban J connectivity index is 1.83. The zero-order valence-corrected chi connectivity index (χ0v) is 20.5. The second-order valence-corrected chi connectivity index (χ2v) is 9.27. The number of hydrogen-bond donors (Lipinski definition) is 0. The Morgan fingerprint density at radius 3 is 2.47 bits per heavy atom. The van der Waals surface area contributed by atoms with Crippen LogP contribution in [-0.2, 0) is 9.53 Å². The molecule has 2 aromatic carbocycles. The lowest BCUT2D eigenvalue weighted by Crippen LogP contribution is -2.39. The number of rotatable bonds is 5. The fourth-order valence-electron chi connectivity index (χ4n) is 3.93. The summed E-state index contributed by atoms with van der Waals surface area (Å²) < 4.78 is 13.6. The number of ether oxygens (including phenoxy) is 1. The molecule has 0 aliphatic carbocycles. The van der Waals surface area contributed by atoms with E-state index in [0.717, 1.165) is 11.1 Å². The van der Waals surface area contributed by atoms with Crippen LogP contribution >= 0.6 is 27.3 Å². The normalized spacial score (nSPS) is 15.7. The van der Waals surface area contributed by atoms with Gasteiger partial charge >= 0.3 is 5.97 Å². The summed E-state index contributed by atoms with van der Waals surface area (Å²) in [5.74, 6) is 0.0458. The minimum atomic E-state index is -0.683. The maximum atomic E-state index is 13.6. The fraction of sp³-hybridized carbons (Fsp3) is 0.115. The Kier molecular flexibility index (Phi) is 6.17. The standard InChI is InChI=1S/C26H19BrN2O4S/c1-2-32-25(31)21-22(16-9-5-3-6-10-16)28-26-29(23(21)17-11-7-4-8-12-17)24(30)19(34-26)15-18-13-14-20(27)33-18/h3-15,23H,2H2,1H3/b19-15-/t23-/m0/s1. The summed E-state index contributed by atoms with van der Waals surface area (Å²) in [6.07, 6.45) is 1.69. The third kappa shape index (κ3) is 4.10. The van der Waals surface area contributed by atoms with E-state index in [0.29, 0.717) is 31.0 Å². The van der Waals surface area contributed by atoms with E-state index in [4.69, 9.17) is 14.1 Å². The largest absolute Gasteiger partial charge is 0.463 e. The van der Waals surface area contributed by atoms with Gasteiger partial charge in [-0.15, -0.1) is 0 Å². The number of carbonyl (C=O) groups excluding carboxylic acids is 1. The molecular formula is C26H19BrN2O4S. The highest BCUT2D eigenvalue weighted by Gasteiger charge is 2.35. The summed E-state index contributed by atoms with van der Waals surface area (Å²) in [5.41, 5.74) is 2.15. The Labute approximate surface area is 207 Å². The summed E-state index contributed by atoms with van der Waals surface area (Å²) in [6.45, 7) is 1.97. The predicted molar refractivity (Wildman–Crippen MR) is 134 cm³/mol. The van der Waals surface area contributed by atoms with E-state index < -0.39 is 12.0 Å². The van der Waals surface area contributed by atoms with Gasteiger partial charge in [-0.2, -0.15) is 0 Å². The van der Waals surface area contributed by atoms with Gasteiger partial charge < -0.3 is 9.15 Å². The lowest BCUT2D eigenvalue weighted by Gasteiger charge is -2.25. The quantitative estimate of drug-likeness (QED) is 0.358. The van der Waals surface area contributed by atoms with E-state index in [1.807, 2.05) is 60.7 Å². The van der Waals surface area contributed by atoms with Crippen LogP contribution < -0.4 is 14.9 Å².